The molecule has 4 rings (SSSR count). The van der Waals surface area contributed by atoms with Crippen molar-refractivity contribution in [2.45, 2.75) is 13.8 Å². The molecular formula is C22H21N5O. The van der Waals surface area contributed by atoms with Crippen molar-refractivity contribution in [3.05, 3.63) is 78.2 Å². The van der Waals surface area contributed by atoms with Crippen molar-refractivity contribution >= 4 is 11.6 Å². The number of rotatable bonds is 5. The van der Waals surface area contributed by atoms with Gasteiger partial charge in [-0.2, -0.15) is 5.10 Å². The monoisotopic (exact) mass is 371 g/mol. The molecule has 4 aromatic rings. The normalized spacial score (nSPS) is 10.7. The molecule has 0 aliphatic rings. The highest BCUT2D eigenvalue weighted by molar-refractivity contribution is 5.64. The first-order valence-electron chi connectivity index (χ1n) is 9.00. The highest BCUT2D eigenvalue weighted by Crippen LogP contribution is 2.24. The summed E-state index contributed by atoms with van der Waals surface area (Å²) in [7, 11) is 1.66. The van der Waals surface area contributed by atoms with Crippen molar-refractivity contribution in [3.63, 3.8) is 0 Å². The second-order valence-corrected chi connectivity index (χ2v) is 6.53. The maximum atomic E-state index is 5.22. The van der Waals surface area contributed by atoms with E-state index in [4.69, 9.17) is 4.74 Å². The zero-order chi connectivity index (χ0) is 19.5. The predicted octanol–water partition coefficient (Wildman–Crippen LogP) is 4.70. The lowest BCUT2D eigenvalue weighted by atomic mass is 10.2. The van der Waals surface area contributed by atoms with Gasteiger partial charge in [-0.3, -0.25) is 0 Å². The number of nitrogens with zero attached hydrogens (tertiary/aromatic N) is 4. The van der Waals surface area contributed by atoms with E-state index in [2.05, 4.69) is 39.4 Å². The van der Waals surface area contributed by atoms with Gasteiger partial charge in [0, 0.05) is 23.6 Å². The Bertz CT molecular complexity index is 1100. The third-order valence-electron chi connectivity index (χ3n) is 4.44. The van der Waals surface area contributed by atoms with Crippen LogP contribution in [-0.2, 0) is 0 Å². The molecule has 2 heterocycles. The van der Waals surface area contributed by atoms with E-state index in [1.807, 2.05) is 60.3 Å². The Balaban J connectivity index is 1.63. The molecule has 2 aromatic heterocycles. The minimum Gasteiger partial charge on any atom is -0.497 e. The minimum absolute atomic E-state index is 0.555. The lowest BCUT2D eigenvalue weighted by Crippen LogP contribution is -1.98. The van der Waals surface area contributed by atoms with Gasteiger partial charge in [0.25, 0.3) is 0 Å². The molecule has 0 unspecified atom stereocenters. The minimum atomic E-state index is 0.555. The third kappa shape index (κ3) is 3.71. The summed E-state index contributed by atoms with van der Waals surface area (Å²) in [5, 5.41) is 7.90. The fraction of sp³-hybridized carbons (Fsp3) is 0.136. The lowest BCUT2D eigenvalue weighted by Gasteiger charge is -2.07. The van der Waals surface area contributed by atoms with Gasteiger partial charge in [-0.15, -0.1) is 0 Å². The van der Waals surface area contributed by atoms with Gasteiger partial charge in [-0.1, -0.05) is 12.1 Å². The molecule has 28 heavy (non-hydrogen) atoms. The summed E-state index contributed by atoms with van der Waals surface area (Å²) in [5.74, 6) is 1.37. The van der Waals surface area contributed by atoms with E-state index in [9.17, 15) is 0 Å². The summed E-state index contributed by atoms with van der Waals surface area (Å²) >= 11 is 0. The van der Waals surface area contributed by atoms with E-state index in [1.165, 1.54) is 5.56 Å². The van der Waals surface area contributed by atoms with Crippen LogP contribution >= 0.6 is 0 Å². The quantitative estimate of drug-likeness (QED) is 0.551. The van der Waals surface area contributed by atoms with Crippen LogP contribution in [0, 0.1) is 13.8 Å². The molecule has 6 heteroatoms. The van der Waals surface area contributed by atoms with Crippen LogP contribution in [0.5, 0.6) is 5.75 Å². The van der Waals surface area contributed by atoms with E-state index in [0.29, 0.717) is 5.95 Å². The summed E-state index contributed by atoms with van der Waals surface area (Å²) in [6.07, 6.45) is 3.74. The van der Waals surface area contributed by atoms with Gasteiger partial charge in [-0.05, 0) is 61.9 Å². The van der Waals surface area contributed by atoms with Crippen molar-refractivity contribution in [2.24, 2.45) is 0 Å². The van der Waals surface area contributed by atoms with E-state index >= 15 is 0 Å². The molecule has 0 aliphatic heterocycles. The largest absolute Gasteiger partial charge is 0.497 e. The van der Waals surface area contributed by atoms with Gasteiger partial charge in [0.15, 0.2) is 0 Å². The van der Waals surface area contributed by atoms with E-state index in [0.717, 1.165) is 34.1 Å². The van der Waals surface area contributed by atoms with Crippen molar-refractivity contribution in [3.8, 4) is 22.7 Å². The molecular weight excluding hydrogens is 350 g/mol. The summed E-state index contributed by atoms with van der Waals surface area (Å²) in [6, 6.07) is 17.8. The van der Waals surface area contributed by atoms with Crippen LogP contribution in [0.2, 0.25) is 0 Å². The number of ether oxygens (including phenoxy) is 1. The van der Waals surface area contributed by atoms with Crippen LogP contribution in [-0.4, -0.2) is 26.9 Å². The van der Waals surface area contributed by atoms with Gasteiger partial charge in [0.2, 0.25) is 5.95 Å². The maximum absolute atomic E-state index is 5.22. The number of hydrogen-bond acceptors (Lipinski definition) is 5. The zero-order valence-electron chi connectivity index (χ0n) is 16.0. The van der Waals surface area contributed by atoms with Gasteiger partial charge in [0.1, 0.15) is 5.75 Å². The number of methoxy groups -OCH3 is 1. The van der Waals surface area contributed by atoms with E-state index in [1.54, 1.807) is 13.3 Å². The topological polar surface area (TPSA) is 64.9 Å². The van der Waals surface area contributed by atoms with Gasteiger partial charge < -0.3 is 10.1 Å². The Morgan fingerprint density at radius 2 is 1.82 bits per heavy atom. The second kappa shape index (κ2) is 7.52. The Morgan fingerprint density at radius 1 is 1.00 bits per heavy atom. The number of aryl methyl sites for hydroxylation is 2. The van der Waals surface area contributed by atoms with Crippen LogP contribution in [0.3, 0.4) is 0 Å². The first-order valence-corrected chi connectivity index (χ1v) is 9.00. The Labute approximate surface area is 163 Å². The van der Waals surface area contributed by atoms with Crippen LogP contribution < -0.4 is 10.1 Å². The van der Waals surface area contributed by atoms with Crippen molar-refractivity contribution < 1.29 is 4.74 Å². The molecule has 2 aromatic carbocycles. The SMILES string of the molecule is COc1ccc(-n2cc(-c3ccnc(Nc4cccc(C)c4)n3)c(C)n2)cc1. The number of benzene rings is 2. The van der Waals surface area contributed by atoms with Crippen LogP contribution in [0.1, 0.15) is 11.3 Å². The maximum Gasteiger partial charge on any atom is 0.227 e. The van der Waals surface area contributed by atoms with Crippen LogP contribution in [0.25, 0.3) is 16.9 Å². The predicted molar refractivity (Wildman–Crippen MR) is 110 cm³/mol. The average molecular weight is 371 g/mol. The average Bonchev–Trinajstić information content (AvgIpc) is 3.10. The molecule has 0 spiro atoms. The molecule has 0 atom stereocenters. The molecule has 6 nitrogen and oxygen atoms in total. The summed E-state index contributed by atoms with van der Waals surface area (Å²) < 4.78 is 7.07. The molecule has 0 saturated heterocycles. The smallest absolute Gasteiger partial charge is 0.227 e. The first kappa shape index (κ1) is 17.7. The van der Waals surface area contributed by atoms with Gasteiger partial charge in [-0.25, -0.2) is 14.6 Å². The zero-order valence-corrected chi connectivity index (χ0v) is 16.0. The number of aromatic nitrogens is 4. The summed E-state index contributed by atoms with van der Waals surface area (Å²) in [5.41, 5.74) is 5.78. The summed E-state index contributed by atoms with van der Waals surface area (Å²) in [4.78, 5) is 9.01. The number of anilines is 2. The van der Waals surface area contributed by atoms with Crippen molar-refractivity contribution in [1.29, 1.82) is 0 Å². The Morgan fingerprint density at radius 3 is 2.57 bits per heavy atom. The van der Waals surface area contributed by atoms with Crippen LogP contribution in [0.15, 0.2) is 67.0 Å². The van der Waals surface area contributed by atoms with Gasteiger partial charge in [0.05, 0.1) is 24.2 Å². The van der Waals surface area contributed by atoms with Gasteiger partial charge >= 0.3 is 0 Å². The standard InChI is InChI=1S/C22H21N5O/c1-15-5-4-6-17(13-15)24-22-23-12-11-21(25-22)20-14-27(26-16(20)2)18-7-9-19(28-3)10-8-18/h4-14H,1-3H3,(H,23,24,25). The first-order chi connectivity index (χ1) is 13.6. The molecule has 1 N–H and O–H groups in total. The van der Waals surface area contributed by atoms with Crippen molar-refractivity contribution in [1.82, 2.24) is 19.7 Å². The number of nitrogens with one attached hydrogen (secondary N) is 1. The molecule has 0 saturated carbocycles. The van der Waals surface area contributed by atoms with Crippen molar-refractivity contribution in [2.75, 3.05) is 12.4 Å². The van der Waals surface area contributed by atoms with E-state index < -0.39 is 0 Å². The molecule has 0 radical (unpaired) electrons. The Kier molecular flexibility index (Phi) is 4.76. The Hall–Kier alpha value is -3.67. The highest BCUT2D eigenvalue weighted by Gasteiger charge is 2.11. The molecule has 0 fully saturated rings. The molecule has 140 valence electrons. The second-order valence-electron chi connectivity index (χ2n) is 6.53. The van der Waals surface area contributed by atoms with E-state index in [-0.39, 0.29) is 0 Å². The highest BCUT2D eigenvalue weighted by atomic mass is 16.5. The summed E-state index contributed by atoms with van der Waals surface area (Å²) in [6.45, 7) is 4.03. The lowest BCUT2D eigenvalue weighted by molar-refractivity contribution is 0.414. The molecule has 0 amide bonds. The van der Waals surface area contributed by atoms with Crippen LogP contribution in [0.4, 0.5) is 11.6 Å². The fourth-order valence-electron chi connectivity index (χ4n) is 3.00. The third-order valence-corrected chi connectivity index (χ3v) is 4.44. The molecule has 0 aliphatic carbocycles. The number of hydrogen-bond donors (Lipinski definition) is 1. The fourth-order valence-corrected chi connectivity index (χ4v) is 3.00. The molecule has 0 bridgehead atoms.